The van der Waals surface area contributed by atoms with Crippen molar-refractivity contribution in [2.75, 3.05) is 13.1 Å². The molecule has 0 radical (unpaired) electrons. The summed E-state index contributed by atoms with van der Waals surface area (Å²) >= 11 is 0. The number of hydrogen-bond donors (Lipinski definition) is 1. The predicted octanol–water partition coefficient (Wildman–Crippen LogP) is 3.50. The van der Waals surface area contributed by atoms with E-state index in [0.29, 0.717) is 43.6 Å². The van der Waals surface area contributed by atoms with Crippen LogP contribution in [-0.4, -0.2) is 45.3 Å². The summed E-state index contributed by atoms with van der Waals surface area (Å²) in [5.74, 6) is -2.08. The van der Waals surface area contributed by atoms with Crippen molar-refractivity contribution in [2.45, 2.75) is 45.8 Å². The van der Waals surface area contributed by atoms with E-state index >= 15 is 0 Å². The van der Waals surface area contributed by atoms with Crippen LogP contribution in [0.15, 0.2) is 45.6 Å². The number of ether oxygens (including phenoxy) is 1. The van der Waals surface area contributed by atoms with Crippen molar-refractivity contribution in [3.63, 3.8) is 0 Å². The number of fused-ring (bicyclic) bond motifs is 1. The van der Waals surface area contributed by atoms with Crippen LogP contribution in [0.5, 0.6) is 0 Å². The number of oxazole rings is 1. The molecule has 0 bridgehead atoms. The Balaban J connectivity index is 1.60. The molecule has 1 aromatic carbocycles. The molecule has 1 aliphatic rings. The van der Waals surface area contributed by atoms with Gasteiger partial charge in [-0.1, -0.05) is 24.3 Å². The topological polar surface area (TPSA) is 102 Å². The van der Waals surface area contributed by atoms with E-state index in [2.05, 4.69) is 0 Å². The molecule has 0 unspecified atom stereocenters. The van der Waals surface area contributed by atoms with E-state index in [1.54, 1.807) is 56.0 Å². The zero-order chi connectivity index (χ0) is 21.9. The molecule has 0 aliphatic carbocycles. The van der Waals surface area contributed by atoms with Crippen LogP contribution >= 0.6 is 0 Å². The van der Waals surface area contributed by atoms with Crippen molar-refractivity contribution in [3.8, 4) is 0 Å². The summed E-state index contributed by atoms with van der Waals surface area (Å²) < 4.78 is 12.1. The van der Waals surface area contributed by atoms with Gasteiger partial charge < -0.3 is 19.2 Å². The highest BCUT2D eigenvalue weighted by molar-refractivity contribution is 5.73. The van der Waals surface area contributed by atoms with Gasteiger partial charge in [-0.3, -0.25) is 9.36 Å². The number of likely N-dealkylation sites (tertiary alicyclic amines) is 1. The zero-order valence-corrected chi connectivity index (χ0v) is 17.5. The number of aliphatic carboxylic acids is 1. The summed E-state index contributed by atoms with van der Waals surface area (Å²) in [7, 11) is 0. The molecule has 162 valence electrons. The Kier molecular flexibility index (Phi) is 6.34. The summed E-state index contributed by atoms with van der Waals surface area (Å²) in [6.07, 6.45) is 4.10. The lowest BCUT2D eigenvalue weighted by molar-refractivity contribution is -0.143. The largest absolute Gasteiger partial charge is 0.481 e. The fourth-order valence-corrected chi connectivity index (χ4v) is 3.71. The van der Waals surface area contributed by atoms with Crippen LogP contribution in [0.1, 0.15) is 33.6 Å². The van der Waals surface area contributed by atoms with Gasteiger partial charge in [-0.25, -0.2) is 9.59 Å². The van der Waals surface area contributed by atoms with Gasteiger partial charge in [-0.2, -0.15) is 0 Å². The molecule has 3 rings (SSSR count). The Labute approximate surface area is 174 Å². The van der Waals surface area contributed by atoms with E-state index in [-0.39, 0.29) is 5.92 Å². The van der Waals surface area contributed by atoms with Crippen LogP contribution in [0.3, 0.4) is 0 Å². The molecule has 1 N–H and O–H groups in total. The van der Waals surface area contributed by atoms with Crippen LogP contribution in [0.2, 0.25) is 0 Å². The van der Waals surface area contributed by atoms with Gasteiger partial charge >= 0.3 is 17.8 Å². The number of benzene rings is 1. The first kappa shape index (κ1) is 21.7. The second-order valence-corrected chi connectivity index (χ2v) is 8.57. The Morgan fingerprint density at radius 3 is 2.73 bits per heavy atom. The minimum absolute atomic E-state index is 0.142. The molecular weight excluding hydrogens is 388 g/mol. The van der Waals surface area contributed by atoms with Crippen molar-refractivity contribution in [3.05, 3.63) is 47.0 Å². The SMILES string of the molecule is CC(C)(C)OC(=O)N1CC[C@H]([C@H](C/C=C/Cn2c(=O)oc3ccccc32)C(=O)O)C1. The van der Waals surface area contributed by atoms with Crippen LogP contribution in [-0.2, 0) is 16.1 Å². The normalized spacial score (nSPS) is 18.2. The lowest BCUT2D eigenvalue weighted by atomic mass is 9.88. The van der Waals surface area contributed by atoms with Gasteiger partial charge in [0.2, 0.25) is 0 Å². The fourth-order valence-electron chi connectivity index (χ4n) is 3.71. The first-order valence-corrected chi connectivity index (χ1v) is 10.1. The maximum Gasteiger partial charge on any atom is 0.420 e. The van der Waals surface area contributed by atoms with Gasteiger partial charge in [0.15, 0.2) is 5.58 Å². The average molecular weight is 416 g/mol. The van der Waals surface area contributed by atoms with E-state index in [4.69, 9.17) is 9.15 Å². The molecule has 1 aromatic heterocycles. The molecule has 1 fully saturated rings. The molecular formula is C22H28N2O6. The van der Waals surface area contributed by atoms with Gasteiger partial charge in [0.05, 0.1) is 11.4 Å². The maximum absolute atomic E-state index is 12.2. The van der Waals surface area contributed by atoms with Gasteiger partial charge in [0, 0.05) is 19.6 Å². The average Bonchev–Trinajstić information content (AvgIpc) is 3.25. The second-order valence-electron chi connectivity index (χ2n) is 8.57. The molecule has 0 saturated carbocycles. The number of para-hydroxylation sites is 2. The molecule has 8 nitrogen and oxygen atoms in total. The van der Waals surface area contributed by atoms with E-state index < -0.39 is 29.3 Å². The number of rotatable bonds is 6. The molecule has 1 saturated heterocycles. The quantitative estimate of drug-likeness (QED) is 0.723. The molecule has 2 atom stereocenters. The summed E-state index contributed by atoms with van der Waals surface area (Å²) in [5, 5.41) is 9.67. The number of aromatic nitrogens is 1. The number of amides is 1. The number of nitrogens with zero attached hydrogens (tertiary/aromatic N) is 2. The third-order valence-electron chi connectivity index (χ3n) is 5.18. The number of carbonyl (C=O) groups excluding carboxylic acids is 1. The minimum Gasteiger partial charge on any atom is -0.481 e. The van der Waals surface area contributed by atoms with Crippen molar-refractivity contribution in [1.29, 1.82) is 0 Å². The molecule has 1 amide bonds. The smallest absolute Gasteiger partial charge is 0.420 e. The monoisotopic (exact) mass is 416 g/mol. The van der Waals surface area contributed by atoms with E-state index in [1.807, 2.05) is 6.07 Å². The Hall–Kier alpha value is -3.03. The molecule has 2 aromatic rings. The van der Waals surface area contributed by atoms with Crippen molar-refractivity contribution in [1.82, 2.24) is 9.47 Å². The number of carboxylic acid groups (broad SMARTS) is 1. The number of allylic oxidation sites excluding steroid dienone is 2. The summed E-state index contributed by atoms with van der Waals surface area (Å²) in [4.78, 5) is 37.6. The lowest BCUT2D eigenvalue weighted by Gasteiger charge is -2.25. The molecule has 0 spiro atoms. The highest BCUT2D eigenvalue weighted by Crippen LogP contribution is 2.28. The highest BCUT2D eigenvalue weighted by atomic mass is 16.6. The van der Waals surface area contributed by atoms with Crippen LogP contribution in [0.4, 0.5) is 4.79 Å². The molecule has 1 aliphatic heterocycles. The Morgan fingerprint density at radius 2 is 2.03 bits per heavy atom. The summed E-state index contributed by atoms with van der Waals surface area (Å²) in [6.45, 7) is 6.57. The third kappa shape index (κ3) is 5.11. The summed E-state index contributed by atoms with van der Waals surface area (Å²) in [5.41, 5.74) is 0.637. The summed E-state index contributed by atoms with van der Waals surface area (Å²) in [6, 6.07) is 7.16. The standard InChI is InChI=1S/C22H28N2O6/c1-22(2,3)30-20(27)23-13-11-15(14-23)16(19(25)26)8-6-7-12-24-17-9-4-5-10-18(17)29-21(24)28/h4-7,9-10,15-16H,8,11-14H2,1-3H3,(H,25,26)/b7-6+/t15-,16-/m0/s1. The van der Waals surface area contributed by atoms with Crippen molar-refractivity contribution < 1.29 is 23.8 Å². The predicted molar refractivity (Wildman–Crippen MR) is 111 cm³/mol. The number of hydrogen-bond acceptors (Lipinski definition) is 5. The second kappa shape index (κ2) is 8.77. The van der Waals surface area contributed by atoms with Gasteiger partial charge in [0.1, 0.15) is 5.60 Å². The lowest BCUT2D eigenvalue weighted by Crippen LogP contribution is -2.36. The zero-order valence-electron chi connectivity index (χ0n) is 17.5. The van der Waals surface area contributed by atoms with Gasteiger partial charge in [-0.05, 0) is 51.7 Å². The van der Waals surface area contributed by atoms with E-state index in [1.165, 1.54) is 4.57 Å². The minimum atomic E-state index is -0.887. The Bertz CT molecular complexity index is 997. The van der Waals surface area contributed by atoms with Crippen LogP contribution < -0.4 is 5.76 Å². The van der Waals surface area contributed by atoms with Crippen molar-refractivity contribution in [2.24, 2.45) is 11.8 Å². The fraction of sp³-hybridized carbons (Fsp3) is 0.500. The first-order chi connectivity index (χ1) is 14.2. The third-order valence-corrected chi connectivity index (χ3v) is 5.18. The number of carboxylic acids is 1. The van der Waals surface area contributed by atoms with E-state index in [0.717, 1.165) is 0 Å². The number of carbonyl (C=O) groups is 2. The molecule has 2 heterocycles. The highest BCUT2D eigenvalue weighted by Gasteiger charge is 2.36. The molecule has 30 heavy (non-hydrogen) atoms. The van der Waals surface area contributed by atoms with Gasteiger partial charge in [-0.15, -0.1) is 0 Å². The van der Waals surface area contributed by atoms with Crippen LogP contribution in [0.25, 0.3) is 11.1 Å². The van der Waals surface area contributed by atoms with Crippen LogP contribution in [0, 0.1) is 11.8 Å². The van der Waals surface area contributed by atoms with Crippen molar-refractivity contribution >= 4 is 23.2 Å². The maximum atomic E-state index is 12.2. The first-order valence-electron chi connectivity index (χ1n) is 10.1. The Morgan fingerprint density at radius 1 is 1.30 bits per heavy atom. The molecule has 8 heteroatoms. The van der Waals surface area contributed by atoms with Gasteiger partial charge in [0.25, 0.3) is 0 Å². The van der Waals surface area contributed by atoms with E-state index in [9.17, 15) is 19.5 Å².